The first-order valence-corrected chi connectivity index (χ1v) is 12.6. The number of sulfonamides is 1. The fourth-order valence-corrected chi connectivity index (χ4v) is 4.53. The van der Waals surface area contributed by atoms with E-state index in [1.165, 1.54) is 6.26 Å². The molecular weight excluding hydrogens is 446 g/mol. The highest BCUT2D eigenvalue weighted by atomic mass is 32.2. The minimum Gasteiger partial charge on any atom is -0.497 e. The first-order chi connectivity index (χ1) is 15.8. The van der Waals surface area contributed by atoms with Crippen molar-refractivity contribution in [2.75, 3.05) is 37.7 Å². The van der Waals surface area contributed by atoms with Crippen LogP contribution in [0.1, 0.15) is 25.7 Å². The minimum absolute atomic E-state index is 0.220. The third kappa shape index (κ3) is 5.82. The predicted molar refractivity (Wildman–Crippen MR) is 127 cm³/mol. The van der Waals surface area contributed by atoms with Gasteiger partial charge in [-0.1, -0.05) is 0 Å². The number of imidazole rings is 1. The molecule has 0 radical (unpaired) electrons. The van der Waals surface area contributed by atoms with E-state index in [1.807, 2.05) is 12.1 Å². The quantitative estimate of drug-likeness (QED) is 0.367. The van der Waals surface area contributed by atoms with Crippen LogP contribution in [0.2, 0.25) is 0 Å². The fourth-order valence-electron chi connectivity index (χ4n) is 3.99. The number of nitrogens with zero attached hydrogens (tertiary/aromatic N) is 3. The molecule has 2 heterocycles. The molecule has 0 unspecified atom stereocenters. The summed E-state index contributed by atoms with van der Waals surface area (Å²) in [7, 11) is 0.0325. The zero-order valence-electron chi connectivity index (χ0n) is 18.9. The Kier molecular flexibility index (Phi) is 6.84. The second-order valence-electron chi connectivity index (χ2n) is 8.17. The van der Waals surface area contributed by atoms with Gasteiger partial charge >= 0.3 is 0 Å². The number of benzene rings is 1. The normalized spacial score (nSPS) is 18.8. The van der Waals surface area contributed by atoms with Crippen LogP contribution in [-0.4, -0.2) is 61.4 Å². The van der Waals surface area contributed by atoms with Crippen LogP contribution in [0, 0.1) is 5.92 Å². The van der Waals surface area contributed by atoms with Crippen molar-refractivity contribution in [3.63, 3.8) is 0 Å². The minimum atomic E-state index is -3.16. The molecule has 3 aromatic rings. The van der Waals surface area contributed by atoms with E-state index in [0.29, 0.717) is 52.6 Å². The van der Waals surface area contributed by atoms with Gasteiger partial charge in [-0.15, -0.1) is 0 Å². The van der Waals surface area contributed by atoms with Crippen molar-refractivity contribution < 1.29 is 17.9 Å². The fraction of sp³-hybridized carbons (Fsp3) is 0.476. The molecule has 0 atom stereocenters. The molecule has 1 aromatic carbocycles. The van der Waals surface area contributed by atoms with E-state index in [9.17, 15) is 8.42 Å². The molecule has 2 aromatic heterocycles. The molecule has 11 nitrogen and oxygen atoms in total. The summed E-state index contributed by atoms with van der Waals surface area (Å²) in [6, 6.07) is 5.68. The van der Waals surface area contributed by atoms with Gasteiger partial charge in [0.25, 0.3) is 0 Å². The Morgan fingerprint density at radius 2 is 1.91 bits per heavy atom. The van der Waals surface area contributed by atoms with E-state index in [0.717, 1.165) is 25.7 Å². The van der Waals surface area contributed by atoms with Crippen LogP contribution < -0.4 is 24.8 Å². The maximum Gasteiger partial charge on any atom is 0.231 e. The molecule has 4 N–H and O–H groups in total. The van der Waals surface area contributed by atoms with Crippen LogP contribution >= 0.6 is 0 Å². The lowest BCUT2D eigenvalue weighted by Gasteiger charge is -2.29. The van der Waals surface area contributed by atoms with E-state index in [2.05, 4.69) is 35.3 Å². The van der Waals surface area contributed by atoms with Crippen molar-refractivity contribution in [3.05, 3.63) is 24.5 Å². The van der Waals surface area contributed by atoms with Crippen molar-refractivity contribution in [3.8, 4) is 11.5 Å². The summed E-state index contributed by atoms with van der Waals surface area (Å²) in [6.45, 7) is 0.487. The summed E-state index contributed by atoms with van der Waals surface area (Å²) in [6.07, 6.45) is 6.49. The SMILES string of the molecule is COc1ccc(Nc2nc(N[C@H]3CC[C@H](CNS(C)(=O)=O)CC3)c3nc[nH]c3n2)c(OC)c1. The summed E-state index contributed by atoms with van der Waals surface area (Å²) >= 11 is 0. The molecule has 0 bridgehead atoms. The first-order valence-electron chi connectivity index (χ1n) is 10.8. The summed E-state index contributed by atoms with van der Waals surface area (Å²) < 4.78 is 36.0. The molecule has 1 aliphatic rings. The molecular formula is C21H29N7O4S. The van der Waals surface area contributed by atoms with Crippen molar-refractivity contribution >= 4 is 38.6 Å². The Hall–Kier alpha value is -3.12. The average molecular weight is 476 g/mol. The number of hydrogen-bond acceptors (Lipinski definition) is 9. The lowest BCUT2D eigenvalue weighted by Crippen LogP contribution is -2.33. The van der Waals surface area contributed by atoms with Crippen molar-refractivity contribution in [2.45, 2.75) is 31.7 Å². The van der Waals surface area contributed by atoms with Crippen LogP contribution in [0.25, 0.3) is 11.2 Å². The number of nitrogens with one attached hydrogen (secondary N) is 4. The molecule has 178 valence electrons. The van der Waals surface area contributed by atoms with Gasteiger partial charge in [-0.25, -0.2) is 18.1 Å². The van der Waals surface area contributed by atoms with E-state index in [-0.39, 0.29) is 6.04 Å². The molecule has 0 spiro atoms. The summed E-state index contributed by atoms with van der Waals surface area (Å²) in [5.74, 6) is 2.69. The molecule has 0 saturated heterocycles. The summed E-state index contributed by atoms with van der Waals surface area (Å²) in [4.78, 5) is 16.6. The second-order valence-corrected chi connectivity index (χ2v) is 10.0. The van der Waals surface area contributed by atoms with Gasteiger partial charge in [0, 0.05) is 18.7 Å². The standard InChI is InChI=1S/C21H29N7O4S/c1-31-15-8-9-16(17(10-15)32-2)26-21-27-19-18(22-12-23-19)20(28-21)25-14-6-4-13(5-7-14)11-24-33(3,29)30/h8-10,12-14,24H,4-7,11H2,1-3H3,(H3,22,23,25,26,27,28)/t13-,14-. The Bertz CT molecular complexity index is 1210. The third-order valence-corrected chi connectivity index (χ3v) is 6.45. The van der Waals surface area contributed by atoms with Gasteiger partial charge in [0.15, 0.2) is 11.5 Å². The predicted octanol–water partition coefficient (Wildman–Crippen LogP) is 2.63. The lowest BCUT2D eigenvalue weighted by molar-refractivity contribution is 0.337. The van der Waals surface area contributed by atoms with E-state index in [4.69, 9.17) is 9.47 Å². The number of rotatable bonds is 9. The number of methoxy groups -OCH3 is 2. The second kappa shape index (κ2) is 9.79. The Labute approximate surface area is 192 Å². The van der Waals surface area contributed by atoms with Crippen LogP contribution in [-0.2, 0) is 10.0 Å². The van der Waals surface area contributed by atoms with Crippen LogP contribution in [0.15, 0.2) is 24.5 Å². The van der Waals surface area contributed by atoms with E-state index < -0.39 is 10.0 Å². The molecule has 12 heteroatoms. The average Bonchev–Trinajstić information content (AvgIpc) is 3.27. The third-order valence-electron chi connectivity index (χ3n) is 5.76. The van der Waals surface area contributed by atoms with Gasteiger partial charge in [-0.05, 0) is 43.7 Å². The molecule has 1 fully saturated rings. The maximum atomic E-state index is 11.3. The van der Waals surface area contributed by atoms with Gasteiger partial charge in [0.1, 0.15) is 17.0 Å². The first kappa shape index (κ1) is 23.1. The van der Waals surface area contributed by atoms with Crippen LogP contribution in [0.4, 0.5) is 17.5 Å². The number of fused-ring (bicyclic) bond motifs is 1. The van der Waals surface area contributed by atoms with Gasteiger partial charge in [0.2, 0.25) is 16.0 Å². The monoisotopic (exact) mass is 475 g/mol. The van der Waals surface area contributed by atoms with Crippen molar-refractivity contribution in [1.29, 1.82) is 0 Å². The highest BCUT2D eigenvalue weighted by Crippen LogP contribution is 2.32. The Morgan fingerprint density at radius 1 is 1.12 bits per heavy atom. The lowest BCUT2D eigenvalue weighted by atomic mass is 9.86. The van der Waals surface area contributed by atoms with Gasteiger partial charge in [-0.3, -0.25) is 0 Å². The Morgan fingerprint density at radius 3 is 2.61 bits per heavy atom. The number of aromatic amines is 1. The smallest absolute Gasteiger partial charge is 0.231 e. The zero-order valence-corrected chi connectivity index (χ0v) is 19.7. The molecule has 1 saturated carbocycles. The van der Waals surface area contributed by atoms with Crippen molar-refractivity contribution in [2.24, 2.45) is 5.92 Å². The number of anilines is 3. The van der Waals surface area contributed by atoms with Crippen molar-refractivity contribution in [1.82, 2.24) is 24.7 Å². The van der Waals surface area contributed by atoms with E-state index in [1.54, 1.807) is 26.6 Å². The summed E-state index contributed by atoms with van der Waals surface area (Å²) in [5, 5.41) is 6.73. The molecule has 1 aliphatic carbocycles. The Balaban J connectivity index is 1.47. The number of H-pyrrole nitrogens is 1. The highest BCUT2D eigenvalue weighted by molar-refractivity contribution is 7.88. The molecule has 33 heavy (non-hydrogen) atoms. The van der Waals surface area contributed by atoms with Crippen LogP contribution in [0.3, 0.4) is 0 Å². The van der Waals surface area contributed by atoms with Gasteiger partial charge in [0.05, 0.1) is 32.5 Å². The highest BCUT2D eigenvalue weighted by Gasteiger charge is 2.23. The van der Waals surface area contributed by atoms with Crippen LogP contribution in [0.5, 0.6) is 11.5 Å². The summed E-state index contributed by atoms with van der Waals surface area (Å²) in [5.41, 5.74) is 2.00. The maximum absolute atomic E-state index is 11.3. The molecule has 4 rings (SSSR count). The number of hydrogen-bond donors (Lipinski definition) is 4. The zero-order chi connectivity index (χ0) is 23.4. The van der Waals surface area contributed by atoms with Gasteiger partial charge in [-0.2, -0.15) is 9.97 Å². The number of ether oxygens (including phenoxy) is 2. The number of aromatic nitrogens is 4. The van der Waals surface area contributed by atoms with Gasteiger partial charge < -0.3 is 25.1 Å². The van der Waals surface area contributed by atoms with E-state index >= 15 is 0 Å². The molecule has 0 aliphatic heterocycles. The topological polar surface area (TPSA) is 143 Å². The molecule has 0 amide bonds. The largest absolute Gasteiger partial charge is 0.497 e.